The molecular formula is C16H16Br2N2O. The van der Waals surface area contributed by atoms with Crippen molar-refractivity contribution in [3.63, 3.8) is 0 Å². The van der Waals surface area contributed by atoms with E-state index in [4.69, 9.17) is 0 Å². The van der Waals surface area contributed by atoms with Gasteiger partial charge in [0.25, 0.3) is 0 Å². The van der Waals surface area contributed by atoms with Crippen LogP contribution in [0.15, 0.2) is 45.3 Å². The predicted molar refractivity (Wildman–Crippen MR) is 94.7 cm³/mol. The van der Waals surface area contributed by atoms with Crippen LogP contribution in [0.1, 0.15) is 18.1 Å². The van der Waals surface area contributed by atoms with E-state index in [0.29, 0.717) is 6.54 Å². The lowest BCUT2D eigenvalue weighted by molar-refractivity contribution is -0.114. The zero-order chi connectivity index (χ0) is 15.4. The molecule has 0 saturated carbocycles. The minimum atomic E-state index is -0.0629. The Hall–Kier alpha value is -1.33. The largest absolute Gasteiger partial charge is 0.381 e. The fraction of sp³-hybridized carbons (Fsp3) is 0.188. The normalized spacial score (nSPS) is 10.3. The maximum atomic E-state index is 11.2. The molecule has 0 aliphatic heterocycles. The fourth-order valence-electron chi connectivity index (χ4n) is 1.91. The second kappa shape index (κ2) is 7.09. The van der Waals surface area contributed by atoms with Crippen LogP contribution >= 0.6 is 31.9 Å². The molecule has 0 unspecified atom stereocenters. The lowest BCUT2D eigenvalue weighted by Gasteiger charge is -2.12. The molecule has 1 amide bonds. The van der Waals surface area contributed by atoms with Gasteiger partial charge in [0.1, 0.15) is 0 Å². The summed E-state index contributed by atoms with van der Waals surface area (Å²) in [6.45, 7) is 4.20. The molecule has 0 atom stereocenters. The zero-order valence-corrected chi connectivity index (χ0v) is 15.0. The molecule has 5 heteroatoms. The van der Waals surface area contributed by atoms with Gasteiger partial charge in [0.05, 0.1) is 0 Å². The number of carbonyl (C=O) groups is 1. The van der Waals surface area contributed by atoms with Gasteiger partial charge in [-0.1, -0.05) is 12.1 Å². The summed E-state index contributed by atoms with van der Waals surface area (Å²) in [6, 6.07) is 12.1. The molecule has 0 aliphatic rings. The molecule has 0 saturated heterocycles. The number of hydrogen-bond acceptors (Lipinski definition) is 2. The maximum Gasteiger partial charge on any atom is 0.221 e. The van der Waals surface area contributed by atoms with Gasteiger partial charge in [0.15, 0.2) is 0 Å². The van der Waals surface area contributed by atoms with Crippen molar-refractivity contribution in [2.24, 2.45) is 0 Å². The van der Waals surface area contributed by atoms with E-state index < -0.39 is 0 Å². The van der Waals surface area contributed by atoms with Crippen molar-refractivity contribution in [1.82, 2.24) is 0 Å². The standard InChI is InChI=1S/C16H16Br2N2O/c1-10-3-5-13(8-16(10)20-11(2)21)19-9-12-4-6-14(17)15(18)7-12/h3-8,19H,9H2,1-2H3,(H,20,21). The topological polar surface area (TPSA) is 41.1 Å². The Kier molecular flexibility index (Phi) is 5.42. The smallest absolute Gasteiger partial charge is 0.221 e. The monoisotopic (exact) mass is 410 g/mol. The summed E-state index contributed by atoms with van der Waals surface area (Å²) in [5.74, 6) is -0.0629. The molecule has 0 spiro atoms. The van der Waals surface area contributed by atoms with E-state index in [0.717, 1.165) is 25.9 Å². The van der Waals surface area contributed by atoms with Crippen LogP contribution in [0, 0.1) is 6.92 Å². The van der Waals surface area contributed by atoms with Gasteiger partial charge in [-0.2, -0.15) is 0 Å². The van der Waals surface area contributed by atoms with E-state index in [1.165, 1.54) is 12.5 Å². The molecule has 2 rings (SSSR count). The summed E-state index contributed by atoms with van der Waals surface area (Å²) in [5, 5.41) is 6.20. The Morgan fingerprint density at radius 3 is 2.52 bits per heavy atom. The van der Waals surface area contributed by atoms with Crippen molar-refractivity contribution in [2.75, 3.05) is 10.6 Å². The Labute approximate surface area is 141 Å². The average molecular weight is 412 g/mol. The van der Waals surface area contributed by atoms with Gasteiger partial charge in [-0.15, -0.1) is 0 Å². The van der Waals surface area contributed by atoms with Crippen molar-refractivity contribution < 1.29 is 4.79 Å². The number of halogens is 2. The minimum Gasteiger partial charge on any atom is -0.381 e. The summed E-state index contributed by atoms with van der Waals surface area (Å²) in [6.07, 6.45) is 0. The Morgan fingerprint density at radius 1 is 1.10 bits per heavy atom. The molecule has 110 valence electrons. The number of carbonyl (C=O) groups excluding carboxylic acids is 1. The van der Waals surface area contributed by atoms with Crippen LogP contribution in [0.2, 0.25) is 0 Å². The van der Waals surface area contributed by atoms with Gasteiger partial charge in [0.2, 0.25) is 5.91 Å². The zero-order valence-electron chi connectivity index (χ0n) is 11.8. The summed E-state index contributed by atoms with van der Waals surface area (Å²) >= 11 is 6.96. The molecule has 2 N–H and O–H groups in total. The highest BCUT2D eigenvalue weighted by molar-refractivity contribution is 9.13. The molecule has 0 fully saturated rings. The lowest BCUT2D eigenvalue weighted by Crippen LogP contribution is -2.08. The predicted octanol–water partition coefficient (Wildman–Crippen LogP) is 5.09. The SMILES string of the molecule is CC(=O)Nc1cc(NCc2ccc(Br)c(Br)c2)ccc1C. The number of anilines is 2. The number of hydrogen-bond donors (Lipinski definition) is 2. The number of benzene rings is 2. The summed E-state index contributed by atoms with van der Waals surface area (Å²) in [5.41, 5.74) is 4.03. The van der Waals surface area contributed by atoms with Gasteiger partial charge in [-0.25, -0.2) is 0 Å². The number of amides is 1. The van der Waals surface area contributed by atoms with E-state index in [1.807, 2.05) is 31.2 Å². The first kappa shape index (κ1) is 16.0. The number of nitrogens with one attached hydrogen (secondary N) is 2. The van der Waals surface area contributed by atoms with Crippen molar-refractivity contribution in [3.05, 3.63) is 56.5 Å². The minimum absolute atomic E-state index is 0.0629. The molecule has 2 aromatic rings. The van der Waals surface area contributed by atoms with E-state index in [-0.39, 0.29) is 5.91 Å². The number of rotatable bonds is 4. The maximum absolute atomic E-state index is 11.2. The third-order valence-electron chi connectivity index (χ3n) is 3.03. The molecule has 0 radical (unpaired) electrons. The van der Waals surface area contributed by atoms with Gasteiger partial charge in [-0.05, 0) is 74.2 Å². The first-order valence-corrected chi connectivity index (χ1v) is 8.10. The van der Waals surface area contributed by atoms with Crippen LogP contribution in [0.5, 0.6) is 0 Å². The van der Waals surface area contributed by atoms with E-state index in [2.05, 4.69) is 54.6 Å². The molecule has 3 nitrogen and oxygen atoms in total. The van der Waals surface area contributed by atoms with E-state index in [1.54, 1.807) is 0 Å². The first-order chi connectivity index (χ1) is 9.95. The summed E-state index contributed by atoms with van der Waals surface area (Å²) in [4.78, 5) is 11.2. The first-order valence-electron chi connectivity index (χ1n) is 6.52. The van der Waals surface area contributed by atoms with Crippen molar-refractivity contribution in [3.8, 4) is 0 Å². The van der Waals surface area contributed by atoms with Crippen LogP contribution in [0.3, 0.4) is 0 Å². The van der Waals surface area contributed by atoms with Crippen molar-refractivity contribution >= 4 is 49.1 Å². The molecule has 0 heterocycles. The highest BCUT2D eigenvalue weighted by atomic mass is 79.9. The third-order valence-corrected chi connectivity index (χ3v) is 4.91. The second-order valence-corrected chi connectivity index (χ2v) is 6.52. The van der Waals surface area contributed by atoms with Gasteiger partial charge >= 0.3 is 0 Å². The van der Waals surface area contributed by atoms with E-state index >= 15 is 0 Å². The van der Waals surface area contributed by atoms with E-state index in [9.17, 15) is 4.79 Å². The molecule has 0 aromatic heterocycles. The summed E-state index contributed by atoms with van der Waals surface area (Å²) < 4.78 is 2.07. The van der Waals surface area contributed by atoms with Crippen molar-refractivity contribution in [2.45, 2.75) is 20.4 Å². The highest BCUT2D eigenvalue weighted by Gasteiger charge is 2.03. The molecule has 0 bridgehead atoms. The van der Waals surface area contributed by atoms with Crippen LogP contribution < -0.4 is 10.6 Å². The lowest BCUT2D eigenvalue weighted by atomic mass is 10.1. The highest BCUT2D eigenvalue weighted by Crippen LogP contribution is 2.25. The van der Waals surface area contributed by atoms with Gasteiger partial charge in [0, 0.05) is 33.8 Å². The summed E-state index contributed by atoms with van der Waals surface area (Å²) in [7, 11) is 0. The molecular weight excluding hydrogens is 396 g/mol. The molecule has 21 heavy (non-hydrogen) atoms. The Bertz CT molecular complexity index is 671. The Balaban J connectivity index is 2.09. The van der Waals surface area contributed by atoms with Crippen LogP contribution in [0.25, 0.3) is 0 Å². The van der Waals surface area contributed by atoms with Crippen LogP contribution in [-0.2, 0) is 11.3 Å². The second-order valence-electron chi connectivity index (χ2n) is 4.81. The quantitative estimate of drug-likeness (QED) is 0.735. The number of aryl methyl sites for hydroxylation is 1. The van der Waals surface area contributed by atoms with Crippen LogP contribution in [0.4, 0.5) is 11.4 Å². The molecule has 2 aromatic carbocycles. The van der Waals surface area contributed by atoms with Crippen LogP contribution in [-0.4, -0.2) is 5.91 Å². The van der Waals surface area contributed by atoms with Gasteiger partial charge < -0.3 is 10.6 Å². The fourth-order valence-corrected chi connectivity index (χ4v) is 2.58. The Morgan fingerprint density at radius 2 is 1.86 bits per heavy atom. The molecule has 0 aliphatic carbocycles. The van der Waals surface area contributed by atoms with Crippen molar-refractivity contribution in [1.29, 1.82) is 0 Å². The van der Waals surface area contributed by atoms with Gasteiger partial charge in [-0.3, -0.25) is 4.79 Å². The third kappa shape index (κ3) is 4.58. The average Bonchev–Trinajstić information content (AvgIpc) is 2.43.